The minimum absolute atomic E-state index is 0.0430. The molecule has 0 radical (unpaired) electrons. The van der Waals surface area contributed by atoms with Gasteiger partial charge >= 0.3 is 0 Å². The minimum Gasteiger partial charge on any atom is -0.348 e. The maximum atomic E-state index is 12.5. The Balaban J connectivity index is 2.56. The molecule has 5 heteroatoms. The van der Waals surface area contributed by atoms with E-state index in [0.29, 0.717) is 6.54 Å². The highest BCUT2D eigenvalue weighted by Crippen LogP contribution is 2.15. The summed E-state index contributed by atoms with van der Waals surface area (Å²) in [6, 6.07) is 0. The summed E-state index contributed by atoms with van der Waals surface area (Å²) in [5, 5.41) is 0. The number of carbonyl (C=O) groups is 2. The maximum absolute atomic E-state index is 12.5. The lowest BCUT2D eigenvalue weighted by molar-refractivity contribution is -0.138. The summed E-state index contributed by atoms with van der Waals surface area (Å²) in [4.78, 5) is 29.1. The first-order valence-corrected chi connectivity index (χ1v) is 7.21. The number of hydrogen-bond donors (Lipinski definition) is 0. The van der Waals surface area contributed by atoms with Crippen molar-refractivity contribution in [1.82, 2.24) is 14.7 Å². The van der Waals surface area contributed by atoms with Gasteiger partial charge in [0.25, 0.3) is 0 Å². The van der Waals surface area contributed by atoms with E-state index >= 15 is 0 Å². The zero-order chi connectivity index (χ0) is 14.3. The Hall–Kier alpha value is -1.10. The zero-order valence-corrected chi connectivity index (χ0v) is 12.5. The number of rotatable bonds is 7. The molecule has 0 aromatic carbocycles. The topological polar surface area (TPSA) is 43.9 Å². The van der Waals surface area contributed by atoms with Gasteiger partial charge < -0.3 is 14.7 Å². The Kier molecular flexibility index (Phi) is 6.84. The van der Waals surface area contributed by atoms with Crippen molar-refractivity contribution >= 4 is 12.3 Å². The fourth-order valence-corrected chi connectivity index (χ4v) is 2.42. The molecule has 2 amide bonds. The van der Waals surface area contributed by atoms with Gasteiger partial charge in [-0.25, -0.2) is 0 Å². The highest BCUT2D eigenvalue weighted by Gasteiger charge is 2.26. The van der Waals surface area contributed by atoms with Crippen molar-refractivity contribution in [3.8, 4) is 0 Å². The molecule has 0 unspecified atom stereocenters. The van der Waals surface area contributed by atoms with Crippen LogP contribution in [0.4, 0.5) is 0 Å². The average Bonchev–Trinajstić information content (AvgIpc) is 2.43. The van der Waals surface area contributed by atoms with Crippen molar-refractivity contribution in [3.05, 3.63) is 0 Å². The zero-order valence-electron chi connectivity index (χ0n) is 12.5. The van der Waals surface area contributed by atoms with Gasteiger partial charge in [-0.3, -0.25) is 9.59 Å². The molecule has 0 N–H and O–H groups in total. The third-order valence-corrected chi connectivity index (χ3v) is 3.76. The van der Waals surface area contributed by atoms with Gasteiger partial charge in [0, 0.05) is 39.8 Å². The molecule has 1 fully saturated rings. The molecule has 0 aromatic rings. The molecular formula is C14H27N3O2. The lowest BCUT2D eigenvalue weighted by Crippen LogP contribution is -2.50. The Labute approximate surface area is 116 Å². The summed E-state index contributed by atoms with van der Waals surface area (Å²) in [5.74, 6) is 0.175. The third kappa shape index (κ3) is 5.19. The quantitative estimate of drug-likeness (QED) is 0.638. The number of unbranched alkanes of at least 4 members (excludes halogenated alkanes) is 1. The molecule has 1 rings (SSSR count). The first kappa shape index (κ1) is 16.0. The van der Waals surface area contributed by atoms with Gasteiger partial charge in [-0.2, -0.15) is 0 Å². The molecule has 5 nitrogen and oxygen atoms in total. The number of nitrogens with zero attached hydrogens (tertiary/aromatic N) is 3. The van der Waals surface area contributed by atoms with Gasteiger partial charge in [0.05, 0.1) is 5.92 Å². The second kappa shape index (κ2) is 8.15. The number of hydrogen-bond acceptors (Lipinski definition) is 3. The van der Waals surface area contributed by atoms with E-state index < -0.39 is 0 Å². The first-order valence-electron chi connectivity index (χ1n) is 7.21. The van der Waals surface area contributed by atoms with Crippen LogP contribution in [0, 0.1) is 5.92 Å². The van der Waals surface area contributed by atoms with Crippen LogP contribution < -0.4 is 0 Å². The summed E-state index contributed by atoms with van der Waals surface area (Å²) in [5.41, 5.74) is 0. The van der Waals surface area contributed by atoms with E-state index in [0.717, 1.165) is 51.9 Å². The average molecular weight is 269 g/mol. The van der Waals surface area contributed by atoms with Gasteiger partial charge in [-0.1, -0.05) is 19.8 Å². The number of likely N-dealkylation sites (N-methyl/N-ethyl adjacent to an activating group) is 1. The van der Waals surface area contributed by atoms with E-state index in [2.05, 4.69) is 18.9 Å². The molecule has 1 saturated heterocycles. The molecular weight excluding hydrogens is 242 g/mol. The van der Waals surface area contributed by atoms with Crippen LogP contribution in [0.2, 0.25) is 0 Å². The SMILES string of the molecule is CCCC[C@H](CN(C)C=O)C(=O)N1CCN(C)CC1. The van der Waals surface area contributed by atoms with Crippen molar-refractivity contribution in [2.24, 2.45) is 5.92 Å². The third-order valence-electron chi connectivity index (χ3n) is 3.76. The van der Waals surface area contributed by atoms with Crippen molar-refractivity contribution in [1.29, 1.82) is 0 Å². The largest absolute Gasteiger partial charge is 0.348 e. The van der Waals surface area contributed by atoms with Crippen LogP contribution in [0.3, 0.4) is 0 Å². The first-order chi connectivity index (χ1) is 9.08. The number of piperazine rings is 1. The van der Waals surface area contributed by atoms with Gasteiger partial charge in [-0.15, -0.1) is 0 Å². The Bertz CT molecular complexity index is 288. The van der Waals surface area contributed by atoms with E-state index in [-0.39, 0.29) is 11.8 Å². The molecule has 0 aliphatic carbocycles. The van der Waals surface area contributed by atoms with E-state index in [4.69, 9.17) is 0 Å². The summed E-state index contributed by atoms with van der Waals surface area (Å²) in [7, 11) is 3.82. The van der Waals surface area contributed by atoms with Crippen LogP contribution in [0.5, 0.6) is 0 Å². The van der Waals surface area contributed by atoms with Crippen molar-refractivity contribution in [2.75, 3.05) is 46.8 Å². The number of amides is 2. The second-order valence-corrected chi connectivity index (χ2v) is 5.51. The molecule has 0 spiro atoms. The standard InChI is InChI=1S/C14H27N3O2/c1-4-5-6-13(11-16(3)12-18)14(19)17-9-7-15(2)8-10-17/h12-13H,4-11H2,1-3H3/t13-/m1/s1. The van der Waals surface area contributed by atoms with Crippen molar-refractivity contribution in [2.45, 2.75) is 26.2 Å². The Morgan fingerprint density at radius 3 is 2.47 bits per heavy atom. The fraction of sp³-hybridized carbons (Fsp3) is 0.857. The normalized spacial score (nSPS) is 18.2. The van der Waals surface area contributed by atoms with Crippen LogP contribution in [-0.2, 0) is 9.59 Å². The lowest BCUT2D eigenvalue weighted by atomic mass is 9.99. The van der Waals surface area contributed by atoms with E-state index in [1.807, 2.05) is 4.90 Å². The smallest absolute Gasteiger partial charge is 0.227 e. The highest BCUT2D eigenvalue weighted by atomic mass is 16.2. The van der Waals surface area contributed by atoms with E-state index in [1.165, 1.54) is 0 Å². The van der Waals surface area contributed by atoms with E-state index in [9.17, 15) is 9.59 Å². The van der Waals surface area contributed by atoms with Gasteiger partial charge in [-0.05, 0) is 13.5 Å². The minimum atomic E-state index is -0.0430. The molecule has 1 aliphatic rings. The monoisotopic (exact) mass is 269 g/mol. The molecule has 1 atom stereocenters. The van der Waals surface area contributed by atoms with Crippen molar-refractivity contribution in [3.63, 3.8) is 0 Å². The van der Waals surface area contributed by atoms with Gasteiger partial charge in [0.2, 0.25) is 12.3 Å². The predicted octanol–water partition coefficient (Wildman–Crippen LogP) is 0.655. The van der Waals surface area contributed by atoms with Crippen LogP contribution in [0.25, 0.3) is 0 Å². The number of carbonyl (C=O) groups excluding carboxylic acids is 2. The summed E-state index contributed by atoms with van der Waals surface area (Å²) >= 11 is 0. The van der Waals surface area contributed by atoms with E-state index in [1.54, 1.807) is 11.9 Å². The van der Waals surface area contributed by atoms with Gasteiger partial charge in [0.1, 0.15) is 0 Å². The Morgan fingerprint density at radius 1 is 1.32 bits per heavy atom. The summed E-state index contributed by atoms with van der Waals surface area (Å²) < 4.78 is 0. The lowest BCUT2D eigenvalue weighted by Gasteiger charge is -2.35. The predicted molar refractivity (Wildman–Crippen MR) is 75.8 cm³/mol. The van der Waals surface area contributed by atoms with Crippen molar-refractivity contribution < 1.29 is 9.59 Å². The van der Waals surface area contributed by atoms with Crippen LogP contribution in [0.1, 0.15) is 26.2 Å². The maximum Gasteiger partial charge on any atom is 0.227 e. The molecule has 19 heavy (non-hydrogen) atoms. The second-order valence-electron chi connectivity index (χ2n) is 5.51. The highest BCUT2D eigenvalue weighted by molar-refractivity contribution is 5.79. The molecule has 1 aliphatic heterocycles. The molecule has 1 heterocycles. The summed E-state index contributed by atoms with van der Waals surface area (Å²) in [6.45, 7) is 6.16. The van der Waals surface area contributed by atoms with Crippen LogP contribution in [-0.4, -0.2) is 73.8 Å². The van der Waals surface area contributed by atoms with Gasteiger partial charge in [0.15, 0.2) is 0 Å². The fourth-order valence-electron chi connectivity index (χ4n) is 2.42. The molecule has 110 valence electrons. The molecule has 0 aromatic heterocycles. The summed E-state index contributed by atoms with van der Waals surface area (Å²) in [6.07, 6.45) is 3.80. The molecule has 0 saturated carbocycles. The Morgan fingerprint density at radius 2 is 1.95 bits per heavy atom. The molecule has 0 bridgehead atoms. The van der Waals surface area contributed by atoms with Crippen LogP contribution >= 0.6 is 0 Å². The van der Waals surface area contributed by atoms with Crippen LogP contribution in [0.15, 0.2) is 0 Å².